The second kappa shape index (κ2) is 5.18. The number of rotatable bonds is 4. The van der Waals surface area contributed by atoms with E-state index in [0.717, 1.165) is 17.1 Å². The number of aryl methyl sites for hydroxylation is 1. The third kappa shape index (κ3) is 2.36. The fourth-order valence-electron chi connectivity index (χ4n) is 1.88. The van der Waals surface area contributed by atoms with E-state index in [2.05, 4.69) is 4.98 Å². The monoisotopic (exact) mass is 249 g/mol. The quantitative estimate of drug-likeness (QED) is 0.899. The van der Waals surface area contributed by atoms with Crippen LogP contribution >= 0.6 is 0 Å². The number of imidazole rings is 1. The molecule has 0 radical (unpaired) electrons. The fourth-order valence-corrected chi connectivity index (χ4v) is 1.88. The smallest absolute Gasteiger partial charge is 0.165 e. The van der Waals surface area contributed by atoms with Crippen molar-refractivity contribution in [3.63, 3.8) is 0 Å². The Balaban J connectivity index is 2.28. The van der Waals surface area contributed by atoms with Crippen LogP contribution in [-0.2, 0) is 13.1 Å². The molecule has 2 N–H and O–H groups in total. The highest BCUT2D eigenvalue weighted by atomic mass is 19.1. The molecule has 96 valence electrons. The van der Waals surface area contributed by atoms with E-state index in [0.29, 0.717) is 13.1 Å². The minimum atomic E-state index is -0.359. The predicted octanol–water partition coefficient (Wildman–Crippen LogP) is 1.85. The Morgan fingerprint density at radius 1 is 1.44 bits per heavy atom. The Kier molecular flexibility index (Phi) is 3.62. The molecule has 0 aliphatic rings. The number of ether oxygens (including phenoxy) is 1. The van der Waals surface area contributed by atoms with Crippen LogP contribution in [0.2, 0.25) is 0 Å². The Morgan fingerprint density at radius 3 is 2.83 bits per heavy atom. The predicted molar refractivity (Wildman–Crippen MR) is 66.9 cm³/mol. The first-order valence-electron chi connectivity index (χ1n) is 5.69. The van der Waals surface area contributed by atoms with E-state index in [1.807, 2.05) is 17.6 Å². The maximum atomic E-state index is 13.6. The topological polar surface area (TPSA) is 53.1 Å². The lowest BCUT2D eigenvalue weighted by Crippen LogP contribution is -2.10. The molecule has 0 aliphatic carbocycles. The number of hydrogen-bond donors (Lipinski definition) is 1. The van der Waals surface area contributed by atoms with Crippen molar-refractivity contribution in [2.24, 2.45) is 5.73 Å². The van der Waals surface area contributed by atoms with Crippen molar-refractivity contribution in [1.29, 1.82) is 0 Å². The van der Waals surface area contributed by atoms with Crippen molar-refractivity contribution in [3.8, 4) is 5.75 Å². The number of nitrogens with two attached hydrogens (primary N) is 1. The summed E-state index contributed by atoms with van der Waals surface area (Å²) in [6, 6.07) is 4.93. The molecule has 1 heterocycles. The van der Waals surface area contributed by atoms with Crippen LogP contribution in [0.3, 0.4) is 0 Å². The highest BCUT2D eigenvalue weighted by Gasteiger charge is 2.08. The van der Waals surface area contributed by atoms with Crippen LogP contribution in [0.15, 0.2) is 24.4 Å². The summed E-state index contributed by atoms with van der Waals surface area (Å²) in [6.07, 6.45) is 1.75. The zero-order valence-corrected chi connectivity index (χ0v) is 10.5. The van der Waals surface area contributed by atoms with E-state index in [9.17, 15) is 4.39 Å². The lowest BCUT2D eigenvalue weighted by atomic mass is 10.2. The maximum absolute atomic E-state index is 13.6. The van der Waals surface area contributed by atoms with Gasteiger partial charge in [-0.05, 0) is 24.6 Å². The normalized spacial score (nSPS) is 10.7. The molecule has 0 bridgehead atoms. The summed E-state index contributed by atoms with van der Waals surface area (Å²) in [4.78, 5) is 4.20. The summed E-state index contributed by atoms with van der Waals surface area (Å²) in [7, 11) is 1.45. The molecule has 0 saturated heterocycles. The standard InChI is InChI=1S/C13H16FN3O/c1-9-16-7-11(6-15)17(9)8-10-3-4-13(18-2)12(14)5-10/h3-5,7H,6,8,15H2,1-2H3. The molecule has 0 saturated carbocycles. The average Bonchev–Trinajstić information content (AvgIpc) is 2.71. The molecular formula is C13H16FN3O. The van der Waals surface area contributed by atoms with Crippen molar-refractivity contribution in [2.45, 2.75) is 20.0 Å². The van der Waals surface area contributed by atoms with Crippen LogP contribution < -0.4 is 10.5 Å². The minimum absolute atomic E-state index is 0.250. The van der Waals surface area contributed by atoms with Gasteiger partial charge in [0.25, 0.3) is 0 Å². The van der Waals surface area contributed by atoms with Gasteiger partial charge in [0.15, 0.2) is 11.6 Å². The number of halogens is 1. The van der Waals surface area contributed by atoms with Gasteiger partial charge in [-0.25, -0.2) is 9.37 Å². The molecular weight excluding hydrogens is 233 g/mol. The molecule has 0 amide bonds. The largest absolute Gasteiger partial charge is 0.494 e. The van der Waals surface area contributed by atoms with Crippen LogP contribution in [0.25, 0.3) is 0 Å². The number of methoxy groups -OCH3 is 1. The van der Waals surface area contributed by atoms with Gasteiger partial charge >= 0.3 is 0 Å². The van der Waals surface area contributed by atoms with E-state index < -0.39 is 0 Å². The van der Waals surface area contributed by atoms with E-state index in [1.54, 1.807) is 12.3 Å². The number of benzene rings is 1. The van der Waals surface area contributed by atoms with Gasteiger partial charge in [0, 0.05) is 19.3 Å². The van der Waals surface area contributed by atoms with E-state index >= 15 is 0 Å². The second-order valence-electron chi connectivity index (χ2n) is 4.06. The molecule has 5 heteroatoms. The summed E-state index contributed by atoms with van der Waals surface area (Å²) >= 11 is 0. The van der Waals surface area contributed by atoms with Crippen LogP contribution in [0.5, 0.6) is 5.75 Å². The van der Waals surface area contributed by atoms with Gasteiger partial charge in [0.1, 0.15) is 5.82 Å². The molecule has 0 fully saturated rings. The molecule has 4 nitrogen and oxygen atoms in total. The molecule has 2 aromatic rings. The summed E-state index contributed by atoms with van der Waals surface area (Å²) < 4.78 is 20.5. The van der Waals surface area contributed by atoms with Gasteiger partial charge in [-0.1, -0.05) is 6.07 Å². The summed E-state index contributed by atoms with van der Waals surface area (Å²) in [6.45, 7) is 2.87. The van der Waals surface area contributed by atoms with E-state index in [-0.39, 0.29) is 11.6 Å². The van der Waals surface area contributed by atoms with Crippen LogP contribution in [0, 0.1) is 12.7 Å². The highest BCUT2D eigenvalue weighted by molar-refractivity contribution is 5.29. The third-order valence-corrected chi connectivity index (χ3v) is 2.90. The van der Waals surface area contributed by atoms with Gasteiger partial charge in [-0.15, -0.1) is 0 Å². The first-order valence-corrected chi connectivity index (χ1v) is 5.69. The van der Waals surface area contributed by atoms with Gasteiger partial charge in [0.05, 0.1) is 12.8 Å². The van der Waals surface area contributed by atoms with Crippen LogP contribution in [0.4, 0.5) is 4.39 Å². The molecule has 0 spiro atoms. The molecule has 2 rings (SSSR count). The highest BCUT2D eigenvalue weighted by Crippen LogP contribution is 2.19. The minimum Gasteiger partial charge on any atom is -0.494 e. The van der Waals surface area contributed by atoms with Gasteiger partial charge in [0.2, 0.25) is 0 Å². The average molecular weight is 249 g/mol. The van der Waals surface area contributed by atoms with Crippen molar-refractivity contribution >= 4 is 0 Å². The lowest BCUT2D eigenvalue weighted by Gasteiger charge is -2.10. The molecule has 0 atom stereocenters. The van der Waals surface area contributed by atoms with Crippen molar-refractivity contribution < 1.29 is 9.13 Å². The number of nitrogens with zero attached hydrogens (tertiary/aromatic N) is 2. The number of hydrogen-bond acceptors (Lipinski definition) is 3. The fraction of sp³-hybridized carbons (Fsp3) is 0.308. The SMILES string of the molecule is COc1ccc(Cn2c(CN)cnc2C)cc1F. The molecule has 18 heavy (non-hydrogen) atoms. The summed E-state index contributed by atoms with van der Waals surface area (Å²) in [5, 5.41) is 0. The maximum Gasteiger partial charge on any atom is 0.165 e. The zero-order valence-electron chi connectivity index (χ0n) is 10.5. The Labute approximate surface area is 105 Å². The summed E-state index contributed by atoms with van der Waals surface area (Å²) in [5.74, 6) is 0.758. The van der Waals surface area contributed by atoms with Crippen molar-refractivity contribution in [3.05, 3.63) is 47.3 Å². The number of aromatic nitrogens is 2. The molecule has 0 unspecified atom stereocenters. The van der Waals surface area contributed by atoms with Crippen molar-refractivity contribution in [1.82, 2.24) is 9.55 Å². The Bertz CT molecular complexity index is 551. The van der Waals surface area contributed by atoms with Gasteiger partial charge < -0.3 is 15.0 Å². The first-order chi connectivity index (χ1) is 8.65. The Hall–Kier alpha value is -1.88. The Morgan fingerprint density at radius 2 is 2.22 bits per heavy atom. The second-order valence-corrected chi connectivity index (χ2v) is 4.06. The van der Waals surface area contributed by atoms with Crippen molar-refractivity contribution in [2.75, 3.05) is 7.11 Å². The van der Waals surface area contributed by atoms with Crippen LogP contribution in [-0.4, -0.2) is 16.7 Å². The van der Waals surface area contributed by atoms with Crippen LogP contribution in [0.1, 0.15) is 17.1 Å². The van der Waals surface area contributed by atoms with Gasteiger partial charge in [-0.2, -0.15) is 0 Å². The molecule has 1 aromatic heterocycles. The zero-order chi connectivity index (χ0) is 13.1. The summed E-state index contributed by atoms with van der Waals surface area (Å²) in [5.41, 5.74) is 7.42. The third-order valence-electron chi connectivity index (χ3n) is 2.90. The first kappa shape index (κ1) is 12.6. The lowest BCUT2D eigenvalue weighted by molar-refractivity contribution is 0.386. The van der Waals surface area contributed by atoms with E-state index in [4.69, 9.17) is 10.5 Å². The van der Waals surface area contributed by atoms with E-state index in [1.165, 1.54) is 13.2 Å². The molecule has 0 aliphatic heterocycles. The van der Waals surface area contributed by atoms with Gasteiger partial charge in [-0.3, -0.25) is 0 Å². The molecule has 1 aromatic carbocycles.